The largest absolute Gasteiger partial charge is 0.371 e. The SMILES string of the molecule is CCCCC(c1cccc(C(C)Nc2nc(NC)c3ncn(C)c3c2CC)c1)N1CCCC1=O. The summed E-state index contributed by atoms with van der Waals surface area (Å²) in [4.78, 5) is 24.1. The van der Waals surface area contributed by atoms with Gasteiger partial charge in [-0.1, -0.05) is 51.0 Å². The van der Waals surface area contributed by atoms with Crippen molar-refractivity contribution in [1.29, 1.82) is 0 Å². The number of aryl methyl sites for hydroxylation is 2. The van der Waals surface area contributed by atoms with Gasteiger partial charge in [0.2, 0.25) is 5.91 Å². The number of unbranched alkanes of at least 4 members (excludes halogenated alkanes) is 1. The van der Waals surface area contributed by atoms with Crippen LogP contribution < -0.4 is 10.6 Å². The number of amides is 1. The quantitative estimate of drug-likeness (QED) is 0.410. The third kappa shape index (κ3) is 4.61. The Hall–Kier alpha value is -3.09. The molecule has 3 aromatic rings. The minimum Gasteiger partial charge on any atom is -0.371 e. The molecular weight excluding hydrogens is 424 g/mol. The Morgan fingerprint density at radius 1 is 1.18 bits per heavy atom. The van der Waals surface area contributed by atoms with E-state index in [-0.39, 0.29) is 12.1 Å². The van der Waals surface area contributed by atoms with Crippen LogP contribution in [-0.4, -0.2) is 38.9 Å². The summed E-state index contributed by atoms with van der Waals surface area (Å²) in [6, 6.07) is 8.97. The monoisotopic (exact) mass is 462 g/mol. The molecule has 0 saturated carbocycles. The molecule has 7 heteroatoms. The average Bonchev–Trinajstić information content (AvgIpc) is 3.45. The van der Waals surface area contributed by atoms with Gasteiger partial charge in [-0.3, -0.25) is 4.79 Å². The Morgan fingerprint density at radius 3 is 2.65 bits per heavy atom. The van der Waals surface area contributed by atoms with Crippen LogP contribution in [0.4, 0.5) is 11.6 Å². The third-order valence-corrected chi connectivity index (χ3v) is 7.01. The third-order valence-electron chi connectivity index (χ3n) is 7.01. The number of fused-ring (bicyclic) bond motifs is 1. The molecule has 182 valence electrons. The number of hydrogen-bond donors (Lipinski definition) is 2. The van der Waals surface area contributed by atoms with E-state index in [1.165, 1.54) is 16.7 Å². The molecule has 0 bridgehead atoms. The average molecular weight is 463 g/mol. The maximum atomic E-state index is 12.5. The molecule has 0 radical (unpaired) electrons. The zero-order chi connectivity index (χ0) is 24.2. The molecule has 7 nitrogen and oxygen atoms in total. The van der Waals surface area contributed by atoms with Crippen LogP contribution in [-0.2, 0) is 18.3 Å². The molecule has 2 atom stereocenters. The van der Waals surface area contributed by atoms with Crippen LogP contribution in [0.15, 0.2) is 30.6 Å². The first kappa shape index (κ1) is 24.0. The Labute approximate surface area is 203 Å². The molecule has 2 aromatic heterocycles. The highest BCUT2D eigenvalue weighted by molar-refractivity contribution is 5.92. The van der Waals surface area contributed by atoms with Gasteiger partial charge in [0.05, 0.1) is 17.9 Å². The summed E-state index contributed by atoms with van der Waals surface area (Å²) in [7, 11) is 3.91. The number of carbonyl (C=O) groups excluding carboxylic acids is 1. The number of hydrogen-bond acceptors (Lipinski definition) is 5. The Balaban J connectivity index is 1.65. The van der Waals surface area contributed by atoms with Crippen molar-refractivity contribution >= 4 is 28.6 Å². The summed E-state index contributed by atoms with van der Waals surface area (Å²) in [6.07, 6.45) is 7.61. The van der Waals surface area contributed by atoms with Crippen molar-refractivity contribution in [2.75, 3.05) is 24.2 Å². The van der Waals surface area contributed by atoms with E-state index in [1.807, 2.05) is 20.4 Å². The number of aromatic nitrogens is 3. The van der Waals surface area contributed by atoms with Crippen LogP contribution in [0, 0.1) is 0 Å². The van der Waals surface area contributed by atoms with Crippen molar-refractivity contribution in [2.24, 2.45) is 7.05 Å². The molecule has 0 spiro atoms. The van der Waals surface area contributed by atoms with Gasteiger partial charge in [-0.25, -0.2) is 9.97 Å². The van der Waals surface area contributed by atoms with Gasteiger partial charge in [0, 0.05) is 38.7 Å². The molecule has 1 amide bonds. The topological polar surface area (TPSA) is 75.1 Å². The second-order valence-corrected chi connectivity index (χ2v) is 9.33. The molecule has 1 saturated heterocycles. The molecule has 0 aliphatic carbocycles. The van der Waals surface area contributed by atoms with Crippen molar-refractivity contribution in [2.45, 2.75) is 71.4 Å². The summed E-state index contributed by atoms with van der Waals surface area (Å²) >= 11 is 0. The van der Waals surface area contributed by atoms with E-state index in [0.29, 0.717) is 12.3 Å². The zero-order valence-electron chi connectivity index (χ0n) is 21.2. The van der Waals surface area contributed by atoms with Crippen molar-refractivity contribution in [3.8, 4) is 0 Å². The number of pyridine rings is 1. The fraction of sp³-hybridized carbons (Fsp3) is 0.519. The van der Waals surface area contributed by atoms with E-state index in [4.69, 9.17) is 4.98 Å². The van der Waals surface area contributed by atoms with Gasteiger partial charge in [-0.15, -0.1) is 0 Å². The lowest BCUT2D eigenvalue weighted by molar-refractivity contribution is -0.130. The molecule has 1 aromatic carbocycles. The highest BCUT2D eigenvalue weighted by Crippen LogP contribution is 2.34. The van der Waals surface area contributed by atoms with Crippen molar-refractivity contribution < 1.29 is 4.79 Å². The second kappa shape index (κ2) is 10.5. The van der Waals surface area contributed by atoms with E-state index >= 15 is 0 Å². The minimum atomic E-state index is 0.0641. The van der Waals surface area contributed by atoms with E-state index < -0.39 is 0 Å². The van der Waals surface area contributed by atoms with Gasteiger partial charge in [-0.05, 0) is 37.3 Å². The summed E-state index contributed by atoms with van der Waals surface area (Å²) in [6.45, 7) is 7.41. The molecule has 34 heavy (non-hydrogen) atoms. The lowest BCUT2D eigenvalue weighted by atomic mass is 9.96. The molecule has 2 unspecified atom stereocenters. The minimum absolute atomic E-state index is 0.0641. The normalized spacial score (nSPS) is 15.7. The lowest BCUT2D eigenvalue weighted by Gasteiger charge is -2.29. The number of nitrogens with one attached hydrogen (secondary N) is 2. The van der Waals surface area contributed by atoms with E-state index in [2.05, 4.69) is 70.1 Å². The molecular formula is C27H38N6O. The highest BCUT2D eigenvalue weighted by Gasteiger charge is 2.29. The second-order valence-electron chi connectivity index (χ2n) is 9.33. The predicted molar refractivity (Wildman–Crippen MR) is 139 cm³/mol. The van der Waals surface area contributed by atoms with Crippen molar-refractivity contribution in [3.63, 3.8) is 0 Å². The van der Waals surface area contributed by atoms with Crippen LogP contribution in [0.2, 0.25) is 0 Å². The van der Waals surface area contributed by atoms with Crippen molar-refractivity contribution in [3.05, 3.63) is 47.3 Å². The Morgan fingerprint density at radius 2 is 1.97 bits per heavy atom. The number of nitrogens with zero attached hydrogens (tertiary/aromatic N) is 4. The van der Waals surface area contributed by atoms with E-state index in [9.17, 15) is 4.79 Å². The van der Waals surface area contributed by atoms with Gasteiger partial charge < -0.3 is 20.1 Å². The standard InChI is InChI=1S/C27H38N6O/c1-6-8-13-22(33-15-10-14-23(33)34)20-12-9-11-19(16-20)18(3)30-26-21(7-2)25-24(27(28-4)31-26)29-17-32(25)5/h9,11-12,16-18,22H,6-8,10,13-15H2,1-5H3,(H2,28,30,31). The first-order chi connectivity index (χ1) is 16.5. The van der Waals surface area contributed by atoms with Crippen LogP contribution in [0.5, 0.6) is 0 Å². The Bertz CT molecular complexity index is 1150. The molecule has 1 aliphatic heterocycles. The van der Waals surface area contributed by atoms with Gasteiger partial charge in [0.15, 0.2) is 5.82 Å². The maximum Gasteiger partial charge on any atom is 0.223 e. The van der Waals surface area contributed by atoms with Gasteiger partial charge >= 0.3 is 0 Å². The number of rotatable bonds is 10. The van der Waals surface area contributed by atoms with Gasteiger partial charge in [0.25, 0.3) is 0 Å². The molecule has 4 rings (SSSR count). The fourth-order valence-corrected chi connectivity index (χ4v) is 5.15. The van der Waals surface area contributed by atoms with Gasteiger partial charge in [0.1, 0.15) is 11.3 Å². The van der Waals surface area contributed by atoms with E-state index in [0.717, 1.165) is 61.3 Å². The molecule has 1 aliphatic rings. The van der Waals surface area contributed by atoms with Crippen molar-refractivity contribution in [1.82, 2.24) is 19.4 Å². The molecule has 1 fully saturated rings. The van der Waals surface area contributed by atoms with Crippen LogP contribution in [0.1, 0.15) is 81.6 Å². The maximum absolute atomic E-state index is 12.5. The Kier molecular flexibility index (Phi) is 7.39. The number of anilines is 2. The number of likely N-dealkylation sites (tertiary alicyclic amines) is 1. The summed E-state index contributed by atoms with van der Waals surface area (Å²) in [5.74, 6) is 1.96. The zero-order valence-corrected chi connectivity index (χ0v) is 21.2. The first-order valence-corrected chi connectivity index (χ1v) is 12.7. The van der Waals surface area contributed by atoms with Gasteiger partial charge in [-0.2, -0.15) is 0 Å². The smallest absolute Gasteiger partial charge is 0.223 e. The summed E-state index contributed by atoms with van der Waals surface area (Å²) in [5, 5.41) is 6.88. The van der Waals surface area contributed by atoms with Crippen LogP contribution in [0.25, 0.3) is 11.0 Å². The van der Waals surface area contributed by atoms with E-state index in [1.54, 1.807) is 0 Å². The first-order valence-electron chi connectivity index (χ1n) is 12.7. The number of benzene rings is 1. The number of imidazole rings is 1. The van der Waals surface area contributed by atoms with Crippen LogP contribution in [0.3, 0.4) is 0 Å². The predicted octanol–water partition coefficient (Wildman–Crippen LogP) is 5.60. The molecule has 2 N–H and O–H groups in total. The summed E-state index contributed by atoms with van der Waals surface area (Å²) < 4.78 is 2.07. The highest BCUT2D eigenvalue weighted by atomic mass is 16.2. The fourth-order valence-electron chi connectivity index (χ4n) is 5.15. The molecule has 3 heterocycles. The van der Waals surface area contributed by atoms with Crippen LogP contribution >= 0.6 is 0 Å². The number of carbonyl (C=O) groups is 1. The summed E-state index contributed by atoms with van der Waals surface area (Å²) in [5.41, 5.74) is 5.61. The lowest BCUT2D eigenvalue weighted by Crippen LogP contribution is -2.30.